The highest BCUT2D eigenvalue weighted by Crippen LogP contribution is 2.28. The molecule has 0 aromatic heterocycles. The standard InChI is InChI=1S/C13H18N2O3/c1-2-18-10-5-9(6-10)15-8-3-4-11(13(16)17)12(14)7-8/h3-4,7,9-10,15H,2,5-6,14H2,1H3,(H,16,17). The number of carboxylic acid groups (broad SMARTS) is 1. The third-order valence-electron chi connectivity index (χ3n) is 3.15. The third-order valence-corrected chi connectivity index (χ3v) is 3.15. The molecular formula is C13H18N2O3. The molecule has 0 bridgehead atoms. The number of benzene rings is 1. The smallest absolute Gasteiger partial charge is 0.337 e. The van der Waals surface area contributed by atoms with Crippen LogP contribution in [-0.4, -0.2) is 29.8 Å². The van der Waals surface area contributed by atoms with E-state index in [4.69, 9.17) is 15.6 Å². The lowest BCUT2D eigenvalue weighted by molar-refractivity contribution is 0.00299. The summed E-state index contributed by atoms with van der Waals surface area (Å²) in [5.74, 6) is -1.00. The molecule has 0 spiro atoms. The van der Waals surface area contributed by atoms with Crippen LogP contribution in [0.5, 0.6) is 0 Å². The summed E-state index contributed by atoms with van der Waals surface area (Å²) < 4.78 is 5.48. The Morgan fingerprint density at radius 3 is 2.83 bits per heavy atom. The number of hydrogen-bond donors (Lipinski definition) is 3. The number of nitrogen functional groups attached to an aromatic ring is 1. The molecule has 1 aliphatic rings. The Morgan fingerprint density at radius 1 is 1.56 bits per heavy atom. The molecule has 0 aliphatic heterocycles. The first-order valence-electron chi connectivity index (χ1n) is 6.11. The fraction of sp³-hybridized carbons (Fsp3) is 0.462. The minimum atomic E-state index is -1.00. The Balaban J connectivity index is 1.92. The summed E-state index contributed by atoms with van der Waals surface area (Å²) in [6.07, 6.45) is 2.31. The van der Waals surface area contributed by atoms with Crippen LogP contribution in [0.4, 0.5) is 11.4 Å². The first-order valence-corrected chi connectivity index (χ1v) is 6.11. The van der Waals surface area contributed by atoms with E-state index in [1.807, 2.05) is 6.92 Å². The van der Waals surface area contributed by atoms with Gasteiger partial charge in [-0.05, 0) is 38.0 Å². The molecule has 5 nitrogen and oxygen atoms in total. The maximum Gasteiger partial charge on any atom is 0.337 e. The molecule has 1 aromatic carbocycles. The molecule has 1 fully saturated rings. The molecule has 0 unspecified atom stereocenters. The van der Waals surface area contributed by atoms with Gasteiger partial charge in [0.2, 0.25) is 0 Å². The van der Waals surface area contributed by atoms with Gasteiger partial charge in [0.05, 0.1) is 11.7 Å². The molecule has 0 radical (unpaired) electrons. The molecule has 1 saturated carbocycles. The van der Waals surface area contributed by atoms with Crippen LogP contribution in [0.15, 0.2) is 18.2 Å². The quantitative estimate of drug-likeness (QED) is 0.695. The van der Waals surface area contributed by atoms with E-state index in [9.17, 15) is 4.79 Å². The molecule has 18 heavy (non-hydrogen) atoms. The molecule has 5 heteroatoms. The summed E-state index contributed by atoms with van der Waals surface area (Å²) in [5, 5.41) is 12.2. The van der Waals surface area contributed by atoms with Crippen molar-refractivity contribution in [2.24, 2.45) is 0 Å². The van der Waals surface area contributed by atoms with Crippen molar-refractivity contribution >= 4 is 17.3 Å². The molecule has 0 atom stereocenters. The molecule has 0 saturated heterocycles. The number of anilines is 2. The van der Waals surface area contributed by atoms with Crippen molar-refractivity contribution < 1.29 is 14.6 Å². The number of carboxylic acids is 1. The highest BCUT2D eigenvalue weighted by Gasteiger charge is 2.29. The molecule has 0 heterocycles. The van der Waals surface area contributed by atoms with E-state index in [0.29, 0.717) is 12.1 Å². The molecular weight excluding hydrogens is 232 g/mol. The van der Waals surface area contributed by atoms with Gasteiger partial charge in [0.1, 0.15) is 0 Å². The predicted molar refractivity (Wildman–Crippen MR) is 69.9 cm³/mol. The number of nitrogens with two attached hydrogens (primary N) is 1. The highest BCUT2D eigenvalue weighted by atomic mass is 16.5. The lowest BCUT2D eigenvalue weighted by Gasteiger charge is -2.36. The fourth-order valence-electron chi connectivity index (χ4n) is 2.14. The Morgan fingerprint density at radius 2 is 2.28 bits per heavy atom. The zero-order chi connectivity index (χ0) is 13.1. The van der Waals surface area contributed by atoms with Crippen LogP contribution in [0.3, 0.4) is 0 Å². The summed E-state index contributed by atoms with van der Waals surface area (Å²) >= 11 is 0. The van der Waals surface area contributed by atoms with Gasteiger partial charge in [-0.3, -0.25) is 0 Å². The number of ether oxygens (including phenoxy) is 1. The number of hydrogen-bond acceptors (Lipinski definition) is 4. The number of carbonyl (C=O) groups is 1. The van der Waals surface area contributed by atoms with Crippen LogP contribution >= 0.6 is 0 Å². The highest BCUT2D eigenvalue weighted by molar-refractivity contribution is 5.94. The zero-order valence-corrected chi connectivity index (χ0v) is 10.3. The van der Waals surface area contributed by atoms with Crippen LogP contribution in [0.1, 0.15) is 30.1 Å². The average Bonchev–Trinajstić information content (AvgIpc) is 2.26. The van der Waals surface area contributed by atoms with Gasteiger partial charge >= 0.3 is 5.97 Å². The average molecular weight is 250 g/mol. The minimum Gasteiger partial charge on any atom is -0.478 e. The van der Waals surface area contributed by atoms with Crippen LogP contribution in [0, 0.1) is 0 Å². The maximum absolute atomic E-state index is 10.8. The first kappa shape index (κ1) is 12.7. The number of rotatable bonds is 5. The van der Waals surface area contributed by atoms with E-state index in [-0.39, 0.29) is 11.3 Å². The second kappa shape index (κ2) is 5.27. The van der Waals surface area contributed by atoms with E-state index >= 15 is 0 Å². The van der Waals surface area contributed by atoms with Crippen molar-refractivity contribution in [2.75, 3.05) is 17.7 Å². The fourth-order valence-corrected chi connectivity index (χ4v) is 2.14. The molecule has 0 amide bonds. The summed E-state index contributed by atoms with van der Waals surface area (Å²) in [7, 11) is 0. The van der Waals surface area contributed by atoms with Gasteiger partial charge in [-0.25, -0.2) is 4.79 Å². The lowest BCUT2D eigenvalue weighted by Crippen LogP contribution is -2.40. The Labute approximate surface area is 106 Å². The number of nitrogens with one attached hydrogen (secondary N) is 1. The zero-order valence-electron chi connectivity index (χ0n) is 10.3. The first-order chi connectivity index (χ1) is 8.60. The Hall–Kier alpha value is -1.75. The summed E-state index contributed by atoms with van der Waals surface area (Å²) in [6, 6.07) is 5.32. The van der Waals surface area contributed by atoms with Crippen molar-refractivity contribution in [1.29, 1.82) is 0 Å². The molecule has 2 rings (SSSR count). The van der Waals surface area contributed by atoms with E-state index < -0.39 is 5.97 Å². The van der Waals surface area contributed by atoms with E-state index in [2.05, 4.69) is 5.32 Å². The van der Waals surface area contributed by atoms with E-state index in [1.54, 1.807) is 12.1 Å². The SMILES string of the molecule is CCOC1CC(Nc2ccc(C(=O)O)c(N)c2)C1. The van der Waals surface area contributed by atoms with Crippen molar-refractivity contribution in [1.82, 2.24) is 0 Å². The van der Waals surface area contributed by atoms with E-state index in [1.165, 1.54) is 6.07 Å². The van der Waals surface area contributed by atoms with Crippen LogP contribution in [0.2, 0.25) is 0 Å². The molecule has 4 N–H and O–H groups in total. The summed E-state index contributed by atoms with van der Waals surface area (Å²) in [6.45, 7) is 2.74. The van der Waals surface area contributed by atoms with Gasteiger partial charge in [0.25, 0.3) is 0 Å². The van der Waals surface area contributed by atoms with Crippen molar-refractivity contribution in [3.63, 3.8) is 0 Å². The molecule has 1 aromatic rings. The van der Waals surface area contributed by atoms with Crippen molar-refractivity contribution in [2.45, 2.75) is 31.9 Å². The largest absolute Gasteiger partial charge is 0.478 e. The predicted octanol–water partition coefficient (Wildman–Crippen LogP) is 1.95. The molecule has 1 aliphatic carbocycles. The van der Waals surface area contributed by atoms with Crippen molar-refractivity contribution in [3.05, 3.63) is 23.8 Å². The Kier molecular flexibility index (Phi) is 3.72. The van der Waals surface area contributed by atoms with Gasteiger partial charge < -0.3 is 20.9 Å². The van der Waals surface area contributed by atoms with Crippen LogP contribution in [0.25, 0.3) is 0 Å². The number of aromatic carboxylic acids is 1. The van der Waals surface area contributed by atoms with Crippen LogP contribution < -0.4 is 11.1 Å². The lowest BCUT2D eigenvalue weighted by atomic mass is 9.89. The van der Waals surface area contributed by atoms with Gasteiger partial charge in [-0.15, -0.1) is 0 Å². The van der Waals surface area contributed by atoms with Gasteiger partial charge in [0, 0.05) is 24.0 Å². The van der Waals surface area contributed by atoms with E-state index in [0.717, 1.165) is 25.1 Å². The van der Waals surface area contributed by atoms with Gasteiger partial charge in [-0.2, -0.15) is 0 Å². The summed E-state index contributed by atoms with van der Waals surface area (Å²) in [5.41, 5.74) is 6.97. The second-order valence-electron chi connectivity index (χ2n) is 4.50. The topological polar surface area (TPSA) is 84.6 Å². The van der Waals surface area contributed by atoms with Crippen molar-refractivity contribution in [3.8, 4) is 0 Å². The Bertz CT molecular complexity index is 442. The van der Waals surface area contributed by atoms with Gasteiger partial charge in [0.15, 0.2) is 0 Å². The molecule has 98 valence electrons. The van der Waals surface area contributed by atoms with Crippen LogP contribution in [-0.2, 0) is 4.74 Å². The van der Waals surface area contributed by atoms with Gasteiger partial charge in [-0.1, -0.05) is 0 Å². The monoisotopic (exact) mass is 250 g/mol. The maximum atomic E-state index is 10.8. The third kappa shape index (κ3) is 2.73. The summed E-state index contributed by atoms with van der Waals surface area (Å²) in [4.78, 5) is 10.8. The minimum absolute atomic E-state index is 0.140. The normalized spacial score (nSPS) is 22.3. The second-order valence-corrected chi connectivity index (χ2v) is 4.50.